The third kappa shape index (κ3) is 3.27. The first-order valence-electron chi connectivity index (χ1n) is 6.13. The lowest BCUT2D eigenvalue weighted by atomic mass is 9.93. The van der Waals surface area contributed by atoms with Crippen LogP contribution in [-0.4, -0.2) is 29.3 Å². The van der Waals surface area contributed by atoms with Gasteiger partial charge in [0.25, 0.3) is 0 Å². The summed E-state index contributed by atoms with van der Waals surface area (Å²) in [4.78, 5) is 0. The maximum absolute atomic E-state index is 10.1. The Hall–Kier alpha value is -0.450. The number of furan rings is 1. The number of fused-ring (bicyclic) bond motifs is 1. The van der Waals surface area contributed by atoms with Crippen LogP contribution in [0, 0.1) is 0 Å². The summed E-state index contributed by atoms with van der Waals surface area (Å²) in [7, 11) is 0. The van der Waals surface area contributed by atoms with Crippen LogP contribution in [0.2, 0.25) is 0 Å². The standard InChI is InChI=1S/C13H21NO2S/c1-13(15,9-17-2)8-14-11-4-3-5-12-10(11)6-7-16-12/h6-7,11,14-15H,3-5,8-9H2,1-2H3. The molecule has 0 aliphatic heterocycles. The molecule has 0 aromatic carbocycles. The zero-order chi connectivity index (χ0) is 12.3. The summed E-state index contributed by atoms with van der Waals surface area (Å²) in [6.07, 6.45) is 7.11. The van der Waals surface area contributed by atoms with E-state index in [0.29, 0.717) is 12.6 Å². The Bertz CT molecular complexity index is 362. The van der Waals surface area contributed by atoms with E-state index in [-0.39, 0.29) is 0 Å². The summed E-state index contributed by atoms with van der Waals surface area (Å²) in [5.74, 6) is 1.86. The molecule has 0 saturated carbocycles. The van der Waals surface area contributed by atoms with Gasteiger partial charge in [-0.1, -0.05) is 0 Å². The first-order valence-corrected chi connectivity index (χ1v) is 7.53. The van der Waals surface area contributed by atoms with Gasteiger partial charge in [0, 0.05) is 30.3 Å². The summed E-state index contributed by atoms with van der Waals surface area (Å²) < 4.78 is 5.46. The predicted octanol–water partition coefficient (Wildman–Crippen LogP) is 2.36. The molecule has 17 heavy (non-hydrogen) atoms. The van der Waals surface area contributed by atoms with Crippen molar-refractivity contribution < 1.29 is 9.52 Å². The Balaban J connectivity index is 1.93. The molecule has 0 saturated heterocycles. The van der Waals surface area contributed by atoms with E-state index >= 15 is 0 Å². The molecule has 0 bridgehead atoms. The van der Waals surface area contributed by atoms with Crippen molar-refractivity contribution in [3.05, 3.63) is 23.7 Å². The molecule has 1 aliphatic rings. The van der Waals surface area contributed by atoms with E-state index in [2.05, 4.69) is 11.4 Å². The monoisotopic (exact) mass is 255 g/mol. The van der Waals surface area contributed by atoms with E-state index < -0.39 is 5.60 Å². The van der Waals surface area contributed by atoms with Crippen molar-refractivity contribution in [1.29, 1.82) is 0 Å². The average molecular weight is 255 g/mol. The number of aliphatic hydroxyl groups is 1. The fraction of sp³-hybridized carbons (Fsp3) is 0.692. The van der Waals surface area contributed by atoms with E-state index in [1.165, 1.54) is 5.56 Å². The SMILES string of the molecule is CSCC(C)(O)CNC1CCCc2occc21. The first-order chi connectivity index (χ1) is 8.12. The molecular formula is C13H21NO2S. The van der Waals surface area contributed by atoms with Crippen LogP contribution in [0.15, 0.2) is 16.7 Å². The van der Waals surface area contributed by atoms with Gasteiger partial charge in [0.1, 0.15) is 5.76 Å². The van der Waals surface area contributed by atoms with Gasteiger partial charge in [0.15, 0.2) is 0 Å². The second-order valence-corrected chi connectivity index (χ2v) is 5.92. The summed E-state index contributed by atoms with van der Waals surface area (Å²) in [6.45, 7) is 2.51. The topological polar surface area (TPSA) is 45.4 Å². The van der Waals surface area contributed by atoms with E-state index in [1.807, 2.05) is 13.2 Å². The quantitative estimate of drug-likeness (QED) is 0.848. The molecule has 0 radical (unpaired) electrons. The minimum absolute atomic E-state index is 0.339. The Kier molecular flexibility index (Phi) is 4.17. The van der Waals surface area contributed by atoms with E-state index in [0.717, 1.165) is 30.8 Å². The van der Waals surface area contributed by atoms with Gasteiger partial charge < -0.3 is 14.8 Å². The fourth-order valence-electron chi connectivity index (χ4n) is 2.40. The maximum atomic E-state index is 10.1. The number of aryl methyl sites for hydroxylation is 1. The van der Waals surface area contributed by atoms with Crippen LogP contribution in [0.5, 0.6) is 0 Å². The summed E-state index contributed by atoms with van der Waals surface area (Å²) >= 11 is 1.67. The van der Waals surface area contributed by atoms with Crippen molar-refractivity contribution in [2.75, 3.05) is 18.6 Å². The zero-order valence-electron chi connectivity index (χ0n) is 10.5. The molecule has 1 aromatic rings. The Labute approximate surface area is 107 Å². The van der Waals surface area contributed by atoms with Gasteiger partial charge in [-0.15, -0.1) is 0 Å². The van der Waals surface area contributed by atoms with Crippen molar-refractivity contribution in [2.24, 2.45) is 0 Å². The molecule has 0 fully saturated rings. The highest BCUT2D eigenvalue weighted by atomic mass is 32.2. The molecule has 2 rings (SSSR count). The molecule has 3 nitrogen and oxygen atoms in total. The van der Waals surface area contributed by atoms with Crippen molar-refractivity contribution in [3.8, 4) is 0 Å². The Morgan fingerprint density at radius 2 is 2.47 bits per heavy atom. The highest BCUT2D eigenvalue weighted by molar-refractivity contribution is 7.98. The smallest absolute Gasteiger partial charge is 0.108 e. The van der Waals surface area contributed by atoms with E-state index in [9.17, 15) is 5.11 Å². The third-order valence-corrected chi connectivity index (χ3v) is 4.15. The largest absolute Gasteiger partial charge is 0.469 e. The van der Waals surface area contributed by atoms with Crippen LogP contribution in [0.3, 0.4) is 0 Å². The third-order valence-electron chi connectivity index (χ3n) is 3.24. The van der Waals surface area contributed by atoms with Crippen LogP contribution < -0.4 is 5.32 Å². The van der Waals surface area contributed by atoms with Gasteiger partial charge in [-0.2, -0.15) is 11.8 Å². The van der Waals surface area contributed by atoms with Crippen LogP contribution in [0.25, 0.3) is 0 Å². The molecule has 96 valence electrons. The molecule has 0 spiro atoms. The average Bonchev–Trinajstić information content (AvgIpc) is 2.74. The normalized spacial score (nSPS) is 23.1. The van der Waals surface area contributed by atoms with Crippen molar-refractivity contribution >= 4 is 11.8 Å². The molecule has 2 atom stereocenters. The molecule has 2 unspecified atom stereocenters. The van der Waals surface area contributed by atoms with Gasteiger partial charge in [-0.05, 0) is 32.1 Å². The Morgan fingerprint density at radius 3 is 3.24 bits per heavy atom. The summed E-state index contributed by atoms with van der Waals surface area (Å²) in [5, 5.41) is 13.6. The highest BCUT2D eigenvalue weighted by Crippen LogP contribution is 2.30. The fourth-order valence-corrected chi connectivity index (χ4v) is 3.13. The lowest BCUT2D eigenvalue weighted by Gasteiger charge is -2.28. The minimum Gasteiger partial charge on any atom is -0.469 e. The van der Waals surface area contributed by atoms with Crippen LogP contribution >= 0.6 is 11.8 Å². The van der Waals surface area contributed by atoms with Crippen LogP contribution in [0.1, 0.15) is 37.1 Å². The van der Waals surface area contributed by atoms with Crippen LogP contribution in [0.4, 0.5) is 0 Å². The summed E-state index contributed by atoms with van der Waals surface area (Å²) in [6, 6.07) is 2.39. The maximum Gasteiger partial charge on any atom is 0.108 e. The number of thioether (sulfide) groups is 1. The molecule has 1 heterocycles. The molecule has 1 aliphatic carbocycles. The highest BCUT2D eigenvalue weighted by Gasteiger charge is 2.26. The molecular weight excluding hydrogens is 234 g/mol. The second kappa shape index (κ2) is 5.46. The Morgan fingerprint density at radius 1 is 1.65 bits per heavy atom. The predicted molar refractivity (Wildman–Crippen MR) is 71.4 cm³/mol. The van der Waals surface area contributed by atoms with Gasteiger partial charge in [-0.25, -0.2) is 0 Å². The number of nitrogens with one attached hydrogen (secondary N) is 1. The number of hydrogen-bond donors (Lipinski definition) is 2. The van der Waals surface area contributed by atoms with Crippen LogP contribution in [-0.2, 0) is 6.42 Å². The second-order valence-electron chi connectivity index (χ2n) is 5.05. The molecule has 4 heteroatoms. The van der Waals surface area contributed by atoms with Crippen molar-refractivity contribution in [3.63, 3.8) is 0 Å². The van der Waals surface area contributed by atoms with Gasteiger partial charge in [-0.3, -0.25) is 0 Å². The lowest BCUT2D eigenvalue weighted by molar-refractivity contribution is 0.0804. The zero-order valence-corrected chi connectivity index (χ0v) is 11.3. The van der Waals surface area contributed by atoms with Gasteiger partial charge >= 0.3 is 0 Å². The van der Waals surface area contributed by atoms with E-state index in [4.69, 9.17) is 4.42 Å². The van der Waals surface area contributed by atoms with Gasteiger partial charge in [0.2, 0.25) is 0 Å². The number of hydrogen-bond acceptors (Lipinski definition) is 4. The van der Waals surface area contributed by atoms with Gasteiger partial charge in [0.05, 0.1) is 11.9 Å². The van der Waals surface area contributed by atoms with Crippen molar-refractivity contribution in [1.82, 2.24) is 5.32 Å². The van der Waals surface area contributed by atoms with E-state index in [1.54, 1.807) is 18.0 Å². The number of rotatable bonds is 5. The summed E-state index contributed by atoms with van der Waals surface area (Å²) in [5.41, 5.74) is 0.636. The lowest BCUT2D eigenvalue weighted by Crippen LogP contribution is -2.41. The van der Waals surface area contributed by atoms with Crippen molar-refractivity contribution in [2.45, 2.75) is 37.8 Å². The molecule has 1 aromatic heterocycles. The minimum atomic E-state index is -0.638. The molecule has 2 N–H and O–H groups in total. The molecule has 0 amide bonds. The first kappa shape index (κ1) is 13.0.